The molecule has 1 amide bonds. The molecule has 0 aliphatic heterocycles. The van der Waals surface area contributed by atoms with E-state index in [9.17, 15) is 13.2 Å². The molecule has 2 atom stereocenters. The van der Waals surface area contributed by atoms with E-state index in [1.807, 2.05) is 6.92 Å². The molecule has 0 bridgehead atoms. The first-order valence-corrected chi connectivity index (χ1v) is 9.90. The molecule has 0 spiro atoms. The lowest BCUT2D eigenvalue weighted by Gasteiger charge is -2.37. The molecular formula is C17H28ClN3O3S. The molecule has 8 heteroatoms. The molecule has 1 fully saturated rings. The molecule has 0 heterocycles. The molecule has 1 aliphatic carbocycles. The minimum atomic E-state index is -3.44. The van der Waals surface area contributed by atoms with E-state index in [1.54, 1.807) is 31.2 Å². The number of benzene rings is 1. The van der Waals surface area contributed by atoms with Gasteiger partial charge in [0.2, 0.25) is 15.9 Å². The van der Waals surface area contributed by atoms with Gasteiger partial charge in [-0.05, 0) is 37.5 Å². The third kappa shape index (κ3) is 5.67. The van der Waals surface area contributed by atoms with E-state index in [2.05, 4.69) is 10.0 Å². The third-order valence-corrected chi connectivity index (χ3v) is 6.17. The molecule has 0 saturated heterocycles. The van der Waals surface area contributed by atoms with Gasteiger partial charge in [-0.15, -0.1) is 12.4 Å². The highest BCUT2D eigenvalue weighted by molar-refractivity contribution is 7.89. The van der Waals surface area contributed by atoms with Crippen molar-refractivity contribution in [3.63, 3.8) is 0 Å². The van der Waals surface area contributed by atoms with Gasteiger partial charge in [0.25, 0.3) is 0 Å². The Morgan fingerprint density at radius 2 is 1.92 bits per heavy atom. The number of sulfonamides is 1. The van der Waals surface area contributed by atoms with Crippen LogP contribution in [0.15, 0.2) is 29.2 Å². The molecule has 1 aromatic rings. The number of nitrogens with two attached hydrogens (primary N) is 1. The fraction of sp³-hybridized carbons (Fsp3) is 0.588. The number of nitrogens with one attached hydrogen (secondary N) is 2. The van der Waals surface area contributed by atoms with Crippen molar-refractivity contribution >= 4 is 28.3 Å². The lowest BCUT2D eigenvalue weighted by molar-refractivity contribution is -0.128. The summed E-state index contributed by atoms with van der Waals surface area (Å²) in [6.45, 7) is 4.39. The molecule has 142 valence electrons. The second kappa shape index (κ2) is 8.98. The van der Waals surface area contributed by atoms with Gasteiger partial charge in [0, 0.05) is 18.6 Å². The highest BCUT2D eigenvalue weighted by atomic mass is 35.5. The largest absolute Gasteiger partial charge is 0.352 e. The minimum absolute atomic E-state index is 0. The van der Waals surface area contributed by atoms with E-state index in [-0.39, 0.29) is 29.1 Å². The Labute approximate surface area is 156 Å². The second-order valence-electron chi connectivity index (χ2n) is 6.67. The highest BCUT2D eigenvalue weighted by Crippen LogP contribution is 2.31. The molecule has 1 aliphatic rings. The van der Waals surface area contributed by atoms with Crippen LogP contribution in [-0.2, 0) is 21.4 Å². The second-order valence-corrected chi connectivity index (χ2v) is 8.43. The van der Waals surface area contributed by atoms with Crippen LogP contribution in [0.5, 0.6) is 0 Å². The summed E-state index contributed by atoms with van der Waals surface area (Å²) in [5.41, 5.74) is 6.66. The fourth-order valence-corrected chi connectivity index (χ4v) is 4.20. The van der Waals surface area contributed by atoms with Crippen LogP contribution in [0.1, 0.15) is 45.1 Å². The Kier molecular flexibility index (Phi) is 7.87. The standard InChI is InChI=1S/C17H27N3O3S.ClH/c1-3-20-24(22,23)14-9-7-13(8-10-14)12-19-16(21)15-6-4-5-11-17(15,2)18;/h7-10,15,20H,3-6,11-12,18H2,1-2H3,(H,19,21);1H. The topological polar surface area (TPSA) is 101 Å². The van der Waals surface area contributed by atoms with Gasteiger partial charge in [-0.25, -0.2) is 13.1 Å². The molecule has 0 aromatic heterocycles. The average molecular weight is 390 g/mol. The molecule has 6 nitrogen and oxygen atoms in total. The van der Waals surface area contributed by atoms with Crippen LogP contribution in [-0.4, -0.2) is 26.4 Å². The summed E-state index contributed by atoms with van der Waals surface area (Å²) >= 11 is 0. The monoisotopic (exact) mass is 389 g/mol. The van der Waals surface area contributed by atoms with Gasteiger partial charge < -0.3 is 11.1 Å². The maximum absolute atomic E-state index is 12.4. The number of amides is 1. The van der Waals surface area contributed by atoms with E-state index in [0.29, 0.717) is 13.1 Å². The molecular weight excluding hydrogens is 362 g/mol. The molecule has 2 rings (SSSR count). The van der Waals surface area contributed by atoms with Gasteiger partial charge in [0.1, 0.15) is 0 Å². The van der Waals surface area contributed by atoms with E-state index in [1.165, 1.54) is 0 Å². The predicted molar refractivity (Wildman–Crippen MR) is 101 cm³/mol. The van der Waals surface area contributed by atoms with Crippen molar-refractivity contribution < 1.29 is 13.2 Å². The first-order valence-electron chi connectivity index (χ1n) is 8.41. The summed E-state index contributed by atoms with van der Waals surface area (Å²) in [6, 6.07) is 6.53. The average Bonchev–Trinajstić information content (AvgIpc) is 2.52. The Morgan fingerprint density at radius 1 is 1.28 bits per heavy atom. The summed E-state index contributed by atoms with van der Waals surface area (Å²) in [6.07, 6.45) is 3.78. The van der Waals surface area contributed by atoms with Crippen LogP contribution < -0.4 is 15.8 Å². The number of hydrogen-bond donors (Lipinski definition) is 3. The summed E-state index contributed by atoms with van der Waals surface area (Å²) < 4.78 is 26.2. The molecule has 25 heavy (non-hydrogen) atoms. The molecule has 2 unspecified atom stereocenters. The van der Waals surface area contributed by atoms with Gasteiger partial charge in [-0.1, -0.05) is 31.9 Å². The fourth-order valence-electron chi connectivity index (χ4n) is 3.16. The number of halogens is 1. The van der Waals surface area contributed by atoms with Crippen molar-refractivity contribution in [2.24, 2.45) is 11.7 Å². The zero-order chi connectivity index (χ0) is 17.8. The zero-order valence-corrected chi connectivity index (χ0v) is 16.4. The number of hydrogen-bond acceptors (Lipinski definition) is 4. The maximum Gasteiger partial charge on any atom is 0.240 e. The van der Waals surface area contributed by atoms with Gasteiger partial charge in [-0.2, -0.15) is 0 Å². The quantitative estimate of drug-likeness (QED) is 0.691. The predicted octanol–water partition coefficient (Wildman–Crippen LogP) is 1.93. The van der Waals surface area contributed by atoms with Crippen LogP contribution >= 0.6 is 12.4 Å². The Morgan fingerprint density at radius 3 is 2.48 bits per heavy atom. The number of carbonyl (C=O) groups is 1. The Balaban J connectivity index is 0.00000312. The Hall–Kier alpha value is -1.15. The van der Waals surface area contributed by atoms with Gasteiger partial charge in [-0.3, -0.25) is 4.79 Å². The van der Waals surface area contributed by atoms with Crippen molar-refractivity contribution in [2.75, 3.05) is 6.54 Å². The summed E-state index contributed by atoms with van der Waals surface area (Å²) in [5, 5.41) is 2.92. The lowest BCUT2D eigenvalue weighted by atomic mass is 9.74. The van der Waals surface area contributed by atoms with E-state index < -0.39 is 15.6 Å². The maximum atomic E-state index is 12.4. The first-order chi connectivity index (χ1) is 11.3. The number of carbonyl (C=O) groups excluding carboxylic acids is 1. The molecule has 0 radical (unpaired) electrons. The van der Waals surface area contributed by atoms with E-state index >= 15 is 0 Å². The summed E-state index contributed by atoms with van der Waals surface area (Å²) in [7, 11) is -3.44. The molecule has 4 N–H and O–H groups in total. The highest BCUT2D eigenvalue weighted by Gasteiger charge is 2.37. The van der Waals surface area contributed by atoms with E-state index in [4.69, 9.17) is 5.73 Å². The molecule has 1 aromatic carbocycles. The van der Waals surface area contributed by atoms with Gasteiger partial charge >= 0.3 is 0 Å². The van der Waals surface area contributed by atoms with Crippen LogP contribution in [0.4, 0.5) is 0 Å². The van der Waals surface area contributed by atoms with Crippen molar-refractivity contribution in [1.82, 2.24) is 10.0 Å². The zero-order valence-electron chi connectivity index (χ0n) is 14.7. The third-order valence-electron chi connectivity index (χ3n) is 4.61. The normalized spacial score (nSPS) is 23.6. The summed E-state index contributed by atoms with van der Waals surface area (Å²) in [4.78, 5) is 12.6. The van der Waals surface area contributed by atoms with E-state index in [0.717, 1.165) is 31.2 Å². The smallest absolute Gasteiger partial charge is 0.240 e. The number of rotatable bonds is 6. The van der Waals surface area contributed by atoms with Gasteiger partial charge in [0.05, 0.1) is 10.8 Å². The van der Waals surface area contributed by atoms with Crippen LogP contribution in [0.25, 0.3) is 0 Å². The van der Waals surface area contributed by atoms with Crippen LogP contribution in [0.3, 0.4) is 0 Å². The first kappa shape index (κ1) is 21.9. The van der Waals surface area contributed by atoms with Crippen molar-refractivity contribution in [1.29, 1.82) is 0 Å². The summed E-state index contributed by atoms with van der Waals surface area (Å²) in [5.74, 6) is -0.191. The van der Waals surface area contributed by atoms with Crippen LogP contribution in [0.2, 0.25) is 0 Å². The van der Waals surface area contributed by atoms with Crippen molar-refractivity contribution in [2.45, 2.75) is 56.5 Å². The lowest BCUT2D eigenvalue weighted by Crippen LogP contribution is -2.52. The molecule has 1 saturated carbocycles. The Bertz CT molecular complexity index is 675. The SMILES string of the molecule is CCNS(=O)(=O)c1ccc(CNC(=O)C2CCCCC2(C)N)cc1.Cl. The minimum Gasteiger partial charge on any atom is -0.352 e. The van der Waals surface area contributed by atoms with Gasteiger partial charge in [0.15, 0.2) is 0 Å². The van der Waals surface area contributed by atoms with Crippen molar-refractivity contribution in [3.8, 4) is 0 Å². The van der Waals surface area contributed by atoms with Crippen LogP contribution in [0, 0.1) is 5.92 Å². The van der Waals surface area contributed by atoms with Crippen molar-refractivity contribution in [3.05, 3.63) is 29.8 Å².